The predicted molar refractivity (Wildman–Crippen MR) is 391 cm³/mol. The van der Waals surface area contributed by atoms with Gasteiger partial charge in [-0.3, -0.25) is 13.8 Å². The van der Waals surface area contributed by atoms with Gasteiger partial charge in [0.1, 0.15) is 13.2 Å². The van der Waals surface area contributed by atoms with E-state index in [0.717, 1.165) is 122 Å². The normalized spacial score (nSPS) is 14.5. The van der Waals surface area contributed by atoms with Crippen molar-refractivity contribution in [2.24, 2.45) is 0 Å². The Balaban J connectivity index is 4.19. The minimum atomic E-state index is -4.38. The molecule has 3 atom stereocenters. The summed E-state index contributed by atoms with van der Waals surface area (Å²) >= 11 is 0. The average molecular weight is 1260 g/mol. The highest BCUT2D eigenvalue weighted by Gasteiger charge is 2.28. The number of hydrogen-bond donors (Lipinski definition) is 3. The number of hydrogen-bond acceptors (Lipinski definition) is 5. The Bertz CT molecular complexity index is 1960. The van der Waals surface area contributed by atoms with E-state index in [1.54, 1.807) is 6.08 Å². The molecule has 3 unspecified atom stereocenters. The fourth-order valence-corrected chi connectivity index (χ4v) is 10.9. The van der Waals surface area contributed by atoms with E-state index in [1.165, 1.54) is 161 Å². The second kappa shape index (κ2) is 68.7. The number of likely N-dealkylation sites (N-methyl/N-ethyl adjacent to an activating group) is 1. The van der Waals surface area contributed by atoms with E-state index in [-0.39, 0.29) is 19.1 Å². The maximum Gasteiger partial charge on any atom is 0.472 e. The molecule has 8 nitrogen and oxygen atoms in total. The van der Waals surface area contributed by atoms with E-state index >= 15 is 0 Å². The van der Waals surface area contributed by atoms with Gasteiger partial charge in [-0.25, -0.2) is 4.57 Å². The zero-order valence-electron chi connectivity index (χ0n) is 58.4. The third-order valence-corrected chi connectivity index (χ3v) is 16.8. The van der Waals surface area contributed by atoms with Crippen molar-refractivity contribution >= 4 is 13.7 Å². The number of carbonyl (C=O) groups excluding carboxylic acids is 1. The van der Waals surface area contributed by atoms with E-state index in [1.807, 2.05) is 27.2 Å². The van der Waals surface area contributed by atoms with E-state index < -0.39 is 20.0 Å². The Morgan fingerprint density at radius 2 is 0.685 bits per heavy atom. The number of carbonyl (C=O) groups is 1. The van der Waals surface area contributed by atoms with Crippen LogP contribution in [0.4, 0.5) is 0 Å². The molecule has 0 aromatic heterocycles. The number of unbranched alkanes of at least 4 members (excludes halogenated alkanes) is 31. The highest BCUT2D eigenvalue weighted by atomic mass is 31.2. The molecule has 0 aliphatic heterocycles. The number of phosphoric ester groups is 1. The number of allylic oxidation sites excluding steroid dienone is 23. The standard InChI is InChI=1S/C80H139N2O6P/c1-6-8-10-12-14-16-18-20-22-24-26-28-30-32-34-36-38-39-40-41-42-43-44-46-48-50-52-54-56-58-60-62-64-66-68-70-72-74-80(84)81-78(77-88-89(85,86)87-76-75-82(3,4)5)79(83)73-71-69-67-65-63-61-59-57-55-53-51-49-47-45-37-35-33-31-29-27-25-23-21-19-17-15-13-11-9-7-2/h8,10,14,16,20,22,26,28,32,34,38-39,41-42,44,46,50,52,56,58,63,65,71,73,78-79,83H,6-7,9,11-13,15,17-19,21,23-25,27,29-31,33,35-37,40,43,45,47-49,51,53-55,57,59-62,64,66-70,72,74-77H2,1-5H3,(H-,81,84,85,86)/p+1/b10-8-,16-14-,22-20-,28-26-,34-32-,39-38-,42-41-,46-44-,52-50-,58-56-,65-63+,73-71+. The number of phosphoric acid groups is 1. The number of nitrogens with one attached hydrogen (secondary N) is 1. The van der Waals surface area contributed by atoms with Crippen molar-refractivity contribution in [1.82, 2.24) is 5.32 Å². The lowest BCUT2D eigenvalue weighted by molar-refractivity contribution is -0.870. The van der Waals surface area contributed by atoms with Gasteiger partial charge in [0.2, 0.25) is 5.91 Å². The molecule has 0 aliphatic carbocycles. The second-order valence-corrected chi connectivity index (χ2v) is 27.0. The fraction of sp³-hybridized carbons (Fsp3) is 0.688. The molecule has 89 heavy (non-hydrogen) atoms. The zero-order chi connectivity index (χ0) is 64.8. The molecule has 510 valence electrons. The Morgan fingerprint density at radius 3 is 1.03 bits per heavy atom. The average Bonchev–Trinajstić information content (AvgIpc) is 3.57. The van der Waals surface area contributed by atoms with Gasteiger partial charge in [0.15, 0.2) is 0 Å². The van der Waals surface area contributed by atoms with Gasteiger partial charge in [0, 0.05) is 6.42 Å². The molecule has 0 saturated carbocycles. The van der Waals surface area contributed by atoms with Crippen LogP contribution in [0.1, 0.15) is 303 Å². The number of amides is 1. The first-order valence-corrected chi connectivity index (χ1v) is 38.2. The molecular formula is C80H140N2O6P+. The minimum absolute atomic E-state index is 0.0457. The van der Waals surface area contributed by atoms with Crippen LogP contribution < -0.4 is 5.32 Å². The molecule has 0 aromatic carbocycles. The summed E-state index contributed by atoms with van der Waals surface area (Å²) in [7, 11) is 1.53. The molecule has 9 heteroatoms. The van der Waals surface area contributed by atoms with Crippen molar-refractivity contribution in [2.75, 3.05) is 40.9 Å². The Morgan fingerprint density at radius 1 is 0.393 bits per heavy atom. The van der Waals surface area contributed by atoms with Crippen LogP contribution in [-0.2, 0) is 18.4 Å². The molecular weight excluding hydrogens is 1120 g/mol. The SMILES string of the molecule is CC/C=C\C/C=C\C/C=C\C/C=C\C/C=C\C/C=C\C/C=C\C/C=C\C/C=C\C/C=C\CCCCCCCCC(=O)NC(COP(=O)(O)OCC[N+](C)(C)C)C(O)/C=C/CC/C=C/CCCCCCCCCCCCCCCCCCCCCCCCCC. The molecule has 0 bridgehead atoms. The molecule has 0 heterocycles. The molecule has 0 rings (SSSR count). The lowest BCUT2D eigenvalue weighted by atomic mass is 10.0. The summed E-state index contributed by atoms with van der Waals surface area (Å²) in [5.74, 6) is -0.204. The van der Waals surface area contributed by atoms with Crippen LogP contribution in [0, 0.1) is 0 Å². The molecule has 0 fully saturated rings. The molecule has 1 amide bonds. The molecule has 0 radical (unpaired) electrons. The van der Waals surface area contributed by atoms with Gasteiger partial charge in [-0.1, -0.05) is 333 Å². The van der Waals surface area contributed by atoms with Crippen LogP contribution in [0.15, 0.2) is 146 Å². The lowest BCUT2D eigenvalue weighted by Gasteiger charge is -2.25. The Hall–Kier alpha value is -3.62. The van der Waals surface area contributed by atoms with Crippen molar-refractivity contribution < 1.29 is 32.9 Å². The van der Waals surface area contributed by atoms with Gasteiger partial charge in [-0.2, -0.15) is 0 Å². The largest absolute Gasteiger partial charge is 0.472 e. The summed E-state index contributed by atoms with van der Waals surface area (Å²) in [4.78, 5) is 23.4. The van der Waals surface area contributed by atoms with E-state index in [2.05, 4.69) is 153 Å². The lowest BCUT2D eigenvalue weighted by Crippen LogP contribution is -2.45. The predicted octanol–water partition coefficient (Wildman–Crippen LogP) is 23.9. The summed E-state index contributed by atoms with van der Waals surface area (Å²) in [5.41, 5.74) is 0. The maximum absolute atomic E-state index is 13.1. The quantitative estimate of drug-likeness (QED) is 0.0243. The van der Waals surface area contributed by atoms with Crippen molar-refractivity contribution in [3.8, 4) is 0 Å². The second-order valence-electron chi connectivity index (χ2n) is 25.6. The van der Waals surface area contributed by atoms with Gasteiger partial charge in [0.25, 0.3) is 0 Å². The summed E-state index contributed by atoms with van der Waals surface area (Å²) in [6.45, 7) is 4.68. The minimum Gasteiger partial charge on any atom is -0.387 e. The molecule has 3 N–H and O–H groups in total. The highest BCUT2D eigenvalue weighted by molar-refractivity contribution is 7.47. The smallest absolute Gasteiger partial charge is 0.387 e. The summed E-state index contributed by atoms with van der Waals surface area (Å²) in [6, 6.07) is -0.885. The number of rotatable bonds is 66. The first kappa shape index (κ1) is 85.4. The molecule has 0 aromatic rings. The number of aliphatic hydroxyl groups is 1. The van der Waals surface area contributed by atoms with Crippen molar-refractivity contribution in [1.29, 1.82) is 0 Å². The Kier molecular flexibility index (Phi) is 65.9. The monoisotopic (exact) mass is 1260 g/mol. The van der Waals surface area contributed by atoms with Crippen LogP contribution in [0.2, 0.25) is 0 Å². The summed E-state index contributed by atoms with van der Waals surface area (Å²) in [5, 5.41) is 14.0. The van der Waals surface area contributed by atoms with E-state index in [0.29, 0.717) is 17.4 Å². The molecule has 0 spiro atoms. The Labute approximate surface area is 550 Å². The third-order valence-electron chi connectivity index (χ3n) is 15.8. The van der Waals surface area contributed by atoms with Crippen LogP contribution in [0.3, 0.4) is 0 Å². The number of quaternary nitrogens is 1. The molecule has 0 aliphatic rings. The summed E-state index contributed by atoms with van der Waals surface area (Å²) in [6.07, 6.45) is 106. The van der Waals surface area contributed by atoms with Gasteiger partial charge in [0.05, 0.1) is 39.9 Å². The van der Waals surface area contributed by atoms with Crippen LogP contribution in [-0.4, -0.2) is 73.4 Å². The van der Waals surface area contributed by atoms with E-state index in [9.17, 15) is 19.4 Å². The molecule has 0 saturated heterocycles. The van der Waals surface area contributed by atoms with Gasteiger partial charge >= 0.3 is 7.82 Å². The highest BCUT2D eigenvalue weighted by Crippen LogP contribution is 2.43. The van der Waals surface area contributed by atoms with Crippen LogP contribution in [0.5, 0.6) is 0 Å². The first-order chi connectivity index (χ1) is 43.5. The summed E-state index contributed by atoms with van der Waals surface area (Å²) < 4.78 is 23.8. The van der Waals surface area contributed by atoms with Crippen LogP contribution >= 0.6 is 7.82 Å². The number of nitrogens with zero attached hydrogens (tertiary/aromatic N) is 1. The zero-order valence-corrected chi connectivity index (χ0v) is 59.3. The topological polar surface area (TPSA) is 105 Å². The van der Waals surface area contributed by atoms with Gasteiger partial charge in [-0.05, 0) is 109 Å². The third kappa shape index (κ3) is 71.7. The van der Waals surface area contributed by atoms with E-state index in [4.69, 9.17) is 9.05 Å². The van der Waals surface area contributed by atoms with Crippen molar-refractivity contribution in [2.45, 2.75) is 315 Å². The maximum atomic E-state index is 13.1. The van der Waals surface area contributed by atoms with Gasteiger partial charge < -0.3 is 19.8 Å². The van der Waals surface area contributed by atoms with Gasteiger partial charge in [-0.15, -0.1) is 0 Å². The number of aliphatic hydroxyl groups excluding tert-OH is 1. The van der Waals surface area contributed by atoms with Crippen molar-refractivity contribution in [3.05, 3.63) is 146 Å². The fourth-order valence-electron chi connectivity index (χ4n) is 10.1. The van der Waals surface area contributed by atoms with Crippen molar-refractivity contribution in [3.63, 3.8) is 0 Å². The first-order valence-electron chi connectivity index (χ1n) is 36.7. The van der Waals surface area contributed by atoms with Crippen LogP contribution in [0.25, 0.3) is 0 Å².